The third kappa shape index (κ3) is 21.3. The molecule has 8 N–H and O–H groups in total. The Balaban J connectivity index is 0.000000134. The molecule has 0 spiro atoms. The fraction of sp³-hybridized carbons (Fsp3) is 0.558. The van der Waals surface area contributed by atoms with Crippen LogP contribution in [-0.4, -0.2) is 223 Å². The monoisotopic (exact) mass is 1920 g/mol. The summed E-state index contributed by atoms with van der Waals surface area (Å²) in [6, 6.07) is 15.5. The molecule has 5 aromatic heterocycles. The van der Waals surface area contributed by atoms with E-state index >= 15 is 0 Å². The van der Waals surface area contributed by atoms with Crippen LogP contribution < -0.4 is 35.5 Å². The van der Waals surface area contributed by atoms with E-state index in [0.717, 1.165) is 145 Å². The Bertz CT molecular complexity index is 6070. The van der Waals surface area contributed by atoms with Crippen LogP contribution in [0.15, 0.2) is 66.9 Å². The number of terminal acetylenes is 2. The third-order valence-electron chi connectivity index (χ3n) is 31.3. The van der Waals surface area contributed by atoms with Gasteiger partial charge in [0.1, 0.15) is 93.7 Å². The van der Waals surface area contributed by atoms with Gasteiger partial charge in [-0.3, -0.25) is 57.5 Å². The van der Waals surface area contributed by atoms with Gasteiger partial charge in [0.05, 0.1) is 67.0 Å². The molecular weight excluding hydrogens is 1800 g/mol. The van der Waals surface area contributed by atoms with Crippen molar-refractivity contribution in [3.8, 4) is 54.2 Å². The molecule has 0 radical (unpaired) electrons. The Kier molecular flexibility index (Phi) is 31.1. The van der Waals surface area contributed by atoms with Crippen molar-refractivity contribution in [1.29, 1.82) is 10.5 Å². The summed E-state index contributed by atoms with van der Waals surface area (Å²) in [6.45, 7) is 2.63. The minimum atomic E-state index is -2.99. The number of H-pyrrole nitrogens is 4. The first-order chi connectivity index (χ1) is 67.1. The Labute approximate surface area is 809 Å². The molecule has 12 aliphatic rings. The van der Waals surface area contributed by atoms with Gasteiger partial charge in [0.15, 0.2) is 0 Å². The third-order valence-corrected chi connectivity index (χ3v) is 31.5. The average Bonchev–Trinajstić information content (AvgIpc) is 1.62. The number of nitrogens with one attached hydrogen (secondary N) is 8. The number of nitrogens with zero attached hydrogens (tertiary/aromatic N) is 7. The molecule has 2 aromatic carbocycles. The van der Waals surface area contributed by atoms with Crippen LogP contribution in [0.4, 0.5) is 8.78 Å². The van der Waals surface area contributed by atoms with E-state index in [0.29, 0.717) is 139 Å². The molecule has 19 rings (SSSR count). The molecule has 8 aliphatic carbocycles. The summed E-state index contributed by atoms with van der Waals surface area (Å²) >= 11 is 6.18. The smallest absolute Gasteiger partial charge is 0.387 e. The lowest BCUT2D eigenvalue weighted by Crippen LogP contribution is -2.51. The van der Waals surface area contributed by atoms with E-state index in [2.05, 4.69) is 74.9 Å². The maximum absolute atomic E-state index is 13.7. The molecule has 32 nitrogen and oxygen atoms in total. The van der Waals surface area contributed by atoms with E-state index < -0.39 is 60.9 Å². The number of halogens is 3. The Morgan fingerprint density at radius 2 is 0.835 bits per heavy atom. The maximum atomic E-state index is 13.7. The van der Waals surface area contributed by atoms with Gasteiger partial charge in [0.25, 0.3) is 23.6 Å². The molecule has 8 amide bonds. The van der Waals surface area contributed by atoms with Gasteiger partial charge in [0, 0.05) is 109 Å². The summed E-state index contributed by atoms with van der Waals surface area (Å²) in [7, 11) is 3.09. The van der Waals surface area contributed by atoms with Crippen LogP contribution in [-0.2, 0) is 43.1 Å². The second-order valence-corrected chi connectivity index (χ2v) is 39.9. The van der Waals surface area contributed by atoms with E-state index in [9.17, 15) is 81.6 Å². The standard InChI is InChI=1S/C27H29F2N3O4.C26H29ClN4O4.C26H30N4O4.C25H32N4O5/c1-2-17(12-15-6-4-10-22(15)33)30-25(34)24-18-8-3-7-16(18)14-32(24)26(35)21-13-19-20(31-21)9-5-11-23(19)36-27(28)29;1-35-23-10-16(27)9-20-19(23)11-21(30-20)26(34)31-13-15-5-2-6-18(15)24(31)25(33)29-17(12-28)8-14-4-3-7-22(14)32;1-3-17(12-15-6-5-9-22(15)31)28-24(32)23-18-8-4-7-16(18)14-30(23)26(33)21-13-19-20(29-21)10-11-27-25(19)34-2;1-3-34-25(33)19-11-20(27-14(19)2)24(32)29-13-16-7-4-8-18(16)22(29)23(31)28-17(12-26)10-15-6-5-9-21(15)30/h1,5,9,11,13,15-18,24,27,31H,3-4,6-8,10,12,14H2,(H,30,34);9-11,14-15,17-18,24,30H,2-8,13H2,1H3,(H,29,33);1,10-11,13,15-18,23,29H,4-9,12,14H2,2H3,(H,28,32);11,15-18,22,27H,3-10,13H2,1-2H3,(H,28,31)/t15-,16-,17+,18-,24-;14-,15-,17-,18-,24-;15-,16-,17+,18-,23-;15-,16-,17-,18-,22-/m0000/s1. The van der Waals surface area contributed by atoms with Crippen molar-refractivity contribution in [2.24, 2.45) is 71.0 Å². The van der Waals surface area contributed by atoms with Crippen molar-refractivity contribution in [2.45, 2.75) is 249 Å². The lowest BCUT2D eigenvalue weighted by atomic mass is 9.92. The highest BCUT2D eigenvalue weighted by Crippen LogP contribution is 2.49. The summed E-state index contributed by atoms with van der Waals surface area (Å²) in [4.78, 5) is 192. The number of ether oxygens (including phenoxy) is 4. The zero-order valence-corrected chi connectivity index (χ0v) is 79.4. The molecule has 12 fully saturated rings. The van der Waals surface area contributed by atoms with E-state index in [1.807, 2.05) is 0 Å². The average molecular weight is 1930 g/mol. The zero-order chi connectivity index (χ0) is 98.3. The molecule has 4 aliphatic heterocycles. The molecule has 4 saturated heterocycles. The van der Waals surface area contributed by atoms with Gasteiger partial charge in [-0.25, -0.2) is 9.78 Å². The van der Waals surface area contributed by atoms with Gasteiger partial charge < -0.3 is 79.8 Å². The quantitative estimate of drug-likeness (QED) is 0.0184. The van der Waals surface area contributed by atoms with Crippen molar-refractivity contribution < 1.29 is 90.1 Å². The molecule has 7 aromatic rings. The molecule has 35 heteroatoms. The Morgan fingerprint density at radius 1 is 0.468 bits per heavy atom. The minimum Gasteiger partial charge on any atom is -0.496 e. The highest BCUT2D eigenvalue weighted by atomic mass is 35.5. The number of alkyl halides is 2. The predicted octanol–water partition coefficient (Wildman–Crippen LogP) is 12.9. The lowest BCUT2D eigenvalue weighted by molar-refractivity contribution is -0.127. The van der Waals surface area contributed by atoms with Crippen LogP contribution >= 0.6 is 11.6 Å². The number of pyridine rings is 1. The predicted molar refractivity (Wildman–Crippen MR) is 506 cm³/mol. The molecule has 734 valence electrons. The number of esters is 1. The first kappa shape index (κ1) is 99.1. The van der Waals surface area contributed by atoms with Gasteiger partial charge in [-0.2, -0.15) is 19.3 Å². The fourth-order valence-electron chi connectivity index (χ4n) is 24.7. The first-order valence-electron chi connectivity index (χ1n) is 49.2. The van der Waals surface area contributed by atoms with Crippen LogP contribution in [0.1, 0.15) is 245 Å². The largest absolute Gasteiger partial charge is 0.496 e. The highest BCUT2D eigenvalue weighted by molar-refractivity contribution is 6.31. The zero-order valence-electron chi connectivity index (χ0n) is 78.7. The number of rotatable bonds is 26. The van der Waals surface area contributed by atoms with Crippen LogP contribution in [0.2, 0.25) is 5.02 Å². The van der Waals surface area contributed by atoms with Crippen molar-refractivity contribution in [3.05, 3.63) is 106 Å². The van der Waals surface area contributed by atoms with Gasteiger partial charge in [0.2, 0.25) is 29.5 Å². The number of hydrogen-bond acceptors (Lipinski definition) is 20. The number of ketones is 4. The summed E-state index contributed by atoms with van der Waals surface area (Å²) in [5, 5.41) is 33.2. The van der Waals surface area contributed by atoms with Crippen LogP contribution in [0.25, 0.3) is 32.7 Å². The van der Waals surface area contributed by atoms with E-state index in [1.165, 1.54) is 18.2 Å². The number of likely N-dealkylation sites (tertiary alicyclic amines) is 4. The number of aryl methyl sites for hydroxylation is 1. The molecule has 0 unspecified atom stereocenters. The number of nitriles is 2. The van der Waals surface area contributed by atoms with Crippen molar-refractivity contribution in [2.75, 3.05) is 47.0 Å². The Hall–Kier alpha value is -13.0. The second kappa shape index (κ2) is 43.6. The van der Waals surface area contributed by atoms with E-state index in [4.69, 9.17) is 38.7 Å². The molecule has 8 saturated carbocycles. The number of carbonyl (C=O) groups is 13. The normalized spacial score (nSPS) is 26.6. The number of carbonyl (C=O) groups excluding carboxylic acids is 13. The summed E-state index contributed by atoms with van der Waals surface area (Å²) in [6.07, 6.45) is 34.8. The van der Waals surface area contributed by atoms with E-state index in [-0.39, 0.29) is 159 Å². The molecule has 0 bridgehead atoms. The van der Waals surface area contributed by atoms with Crippen molar-refractivity contribution >= 4 is 121 Å². The topological polar surface area (TPSA) is 444 Å². The molecule has 20 atom stereocenters. The summed E-state index contributed by atoms with van der Waals surface area (Å²) in [5.74, 6) is 4.85. The maximum Gasteiger partial charge on any atom is 0.387 e. The first-order valence-corrected chi connectivity index (χ1v) is 49.5. The van der Waals surface area contributed by atoms with Crippen molar-refractivity contribution in [3.63, 3.8) is 0 Å². The fourth-order valence-corrected chi connectivity index (χ4v) is 24.9. The molecule has 9 heterocycles. The van der Waals surface area contributed by atoms with Gasteiger partial charge in [-0.1, -0.05) is 55.2 Å². The van der Waals surface area contributed by atoms with E-state index in [1.54, 1.807) is 96.3 Å². The number of aromatic nitrogens is 5. The van der Waals surface area contributed by atoms with Gasteiger partial charge >= 0.3 is 12.6 Å². The number of fused-ring (bicyclic) bond motifs is 7. The van der Waals surface area contributed by atoms with Crippen LogP contribution in [0, 0.1) is 125 Å². The highest BCUT2D eigenvalue weighted by Gasteiger charge is 2.55. The van der Waals surface area contributed by atoms with Crippen molar-refractivity contribution in [1.82, 2.24) is 65.8 Å². The number of hydrogen-bond donors (Lipinski definition) is 8. The lowest BCUT2D eigenvalue weighted by Gasteiger charge is -2.28. The summed E-state index contributed by atoms with van der Waals surface area (Å²) in [5.41, 5.74) is 3.99. The SMILES string of the molecule is C#C[C@H](C[C@@H]1CCCC1=O)NC(=O)[C@@H]1[C@H]2CCC[C@H]2CN1C(=O)c1cc2c(OC(F)F)cccc2[nH]1.C#C[C@H](C[C@@H]1CCCC1=O)NC(=O)[C@@H]1[C@H]2CCC[C@H]2CN1C(=O)c1cc2c(OC)nccc2[nH]1.CCOC(=O)c1cc(C(=O)N2C[C@@H]3CCC[C@@H]3[C@H]2C(=O)N[C@H](C#N)C[C@@H]2CCCC2=O)[nH]c1C.COc1cc(Cl)cc2[nH]c(C(=O)N3C[C@@H]4CCC[C@@H]4[C@H]3C(=O)N[C@H](C#N)C[C@@H]3CCCC3=O)cc12. The minimum absolute atomic E-state index is 0.0243. The second-order valence-electron chi connectivity index (χ2n) is 39.5. The number of aromatic amines is 4. The Morgan fingerprint density at radius 3 is 1.19 bits per heavy atom. The molecule has 139 heavy (non-hydrogen) atoms. The number of methoxy groups -OCH3 is 2. The van der Waals surface area contributed by atoms with Gasteiger partial charge in [-0.15, -0.1) is 12.8 Å². The number of benzene rings is 2. The summed E-state index contributed by atoms with van der Waals surface area (Å²) < 4.78 is 46.1. The number of amides is 8. The molecular formula is C104H120ClF2N15O17. The van der Waals surface area contributed by atoms with Crippen LogP contribution in [0.3, 0.4) is 0 Å². The number of Topliss-reactive ketones (excluding diaryl/α,β-unsaturated/α-hetero) is 4. The van der Waals surface area contributed by atoms with Crippen LogP contribution in [0.5, 0.6) is 17.4 Å². The van der Waals surface area contributed by atoms with Gasteiger partial charge in [-0.05, 0) is 244 Å².